The third-order valence-electron chi connectivity index (χ3n) is 2.69. The largest absolute Gasteiger partial charge is 0.392 e. The second kappa shape index (κ2) is 5.51. The van der Waals surface area contributed by atoms with Crippen LogP contribution in [0.25, 0.3) is 0 Å². The van der Waals surface area contributed by atoms with Gasteiger partial charge < -0.3 is 14.9 Å². The third kappa shape index (κ3) is 2.79. The van der Waals surface area contributed by atoms with E-state index >= 15 is 0 Å². The molecule has 17 heavy (non-hydrogen) atoms. The maximum absolute atomic E-state index is 8.96. The molecule has 2 rings (SSSR count). The van der Waals surface area contributed by atoms with Gasteiger partial charge in [0.1, 0.15) is 22.4 Å². The minimum absolute atomic E-state index is 0.0439. The predicted molar refractivity (Wildman–Crippen MR) is 65.3 cm³/mol. The molecule has 0 spiro atoms. The molecule has 5 nitrogen and oxygen atoms in total. The zero-order valence-electron chi connectivity index (χ0n) is 9.74. The molecule has 0 saturated heterocycles. The molecule has 2 N–H and O–H groups in total. The number of rotatable bonds is 5. The molecule has 0 aromatic carbocycles. The smallest absolute Gasteiger partial charge is 0.156 e. The maximum atomic E-state index is 8.96. The zero-order valence-corrected chi connectivity index (χ0v) is 10.5. The fourth-order valence-electron chi connectivity index (χ4n) is 1.72. The minimum Gasteiger partial charge on any atom is -0.392 e. The molecule has 94 valence electrons. The van der Waals surface area contributed by atoms with Crippen LogP contribution in [0.2, 0.25) is 5.15 Å². The fraction of sp³-hybridized carbons (Fsp3) is 0.636. The second-order valence-electron chi connectivity index (χ2n) is 4.10. The number of aliphatic hydroxyl groups excluding tert-OH is 1. The molecule has 1 aliphatic rings. The Labute approximate surface area is 105 Å². The highest BCUT2D eigenvalue weighted by atomic mass is 35.5. The van der Waals surface area contributed by atoms with Crippen molar-refractivity contribution < 1.29 is 9.94 Å². The van der Waals surface area contributed by atoms with E-state index in [-0.39, 0.29) is 12.7 Å². The van der Waals surface area contributed by atoms with Gasteiger partial charge in [0.2, 0.25) is 0 Å². The van der Waals surface area contributed by atoms with Gasteiger partial charge in [0.25, 0.3) is 0 Å². The fourth-order valence-corrected chi connectivity index (χ4v) is 1.98. The lowest BCUT2D eigenvalue weighted by Crippen LogP contribution is -2.13. The van der Waals surface area contributed by atoms with Gasteiger partial charge in [-0.05, 0) is 6.42 Å². The standard InChI is InChI=1S/C11H16ClN3O2/c1-2-3-4-9-13-10(11(12)14-9)8-5-7(6-16)17-15-8/h7,16H,2-6H2,1H3,(H,13,14). The molecule has 1 atom stereocenters. The van der Waals surface area contributed by atoms with Crippen molar-refractivity contribution in [2.45, 2.75) is 38.7 Å². The number of aromatic nitrogens is 2. The summed E-state index contributed by atoms with van der Waals surface area (Å²) in [6.45, 7) is 2.09. The maximum Gasteiger partial charge on any atom is 0.156 e. The Morgan fingerprint density at radius 3 is 3.06 bits per heavy atom. The van der Waals surface area contributed by atoms with Crippen LogP contribution in [-0.4, -0.2) is 33.5 Å². The van der Waals surface area contributed by atoms with Crippen LogP contribution in [0.1, 0.15) is 37.7 Å². The topological polar surface area (TPSA) is 70.5 Å². The first-order valence-corrected chi connectivity index (χ1v) is 6.20. The van der Waals surface area contributed by atoms with Crippen molar-refractivity contribution in [3.8, 4) is 0 Å². The van der Waals surface area contributed by atoms with E-state index in [2.05, 4.69) is 22.0 Å². The Morgan fingerprint density at radius 1 is 1.59 bits per heavy atom. The molecule has 0 fully saturated rings. The Balaban J connectivity index is 2.08. The summed E-state index contributed by atoms with van der Waals surface area (Å²) in [6, 6.07) is 0. The van der Waals surface area contributed by atoms with Gasteiger partial charge in [-0.25, -0.2) is 4.98 Å². The summed E-state index contributed by atoms with van der Waals surface area (Å²) in [5.74, 6) is 0.877. The first-order chi connectivity index (χ1) is 8.24. The van der Waals surface area contributed by atoms with Gasteiger partial charge >= 0.3 is 0 Å². The average Bonchev–Trinajstić information content (AvgIpc) is 2.92. The molecule has 0 bridgehead atoms. The second-order valence-corrected chi connectivity index (χ2v) is 4.48. The van der Waals surface area contributed by atoms with Crippen LogP contribution in [0, 0.1) is 0 Å². The molecular formula is C11H16ClN3O2. The molecule has 1 unspecified atom stereocenters. The highest BCUT2D eigenvalue weighted by Crippen LogP contribution is 2.21. The number of unbranched alkanes of at least 4 members (excludes halogenated alkanes) is 1. The molecule has 6 heteroatoms. The first-order valence-electron chi connectivity index (χ1n) is 5.83. The van der Waals surface area contributed by atoms with Crippen molar-refractivity contribution in [3.05, 3.63) is 16.7 Å². The molecule has 2 heterocycles. The lowest BCUT2D eigenvalue weighted by Gasteiger charge is -2.00. The van der Waals surface area contributed by atoms with Gasteiger partial charge in [0.15, 0.2) is 6.10 Å². The number of hydrogen-bond donors (Lipinski definition) is 2. The summed E-state index contributed by atoms with van der Waals surface area (Å²) in [5, 5.41) is 13.4. The predicted octanol–water partition coefficient (Wildman–Crippen LogP) is 1.89. The SMILES string of the molecule is CCCCc1nc(C2=NOC(CO)C2)c(Cl)[nH]1. The average molecular weight is 258 g/mol. The van der Waals surface area contributed by atoms with Crippen molar-refractivity contribution in [2.24, 2.45) is 5.16 Å². The number of H-pyrrole nitrogens is 1. The number of oxime groups is 1. The number of halogens is 1. The van der Waals surface area contributed by atoms with Crippen molar-refractivity contribution >= 4 is 17.3 Å². The molecule has 0 aliphatic carbocycles. The third-order valence-corrected chi connectivity index (χ3v) is 2.96. The Bertz CT molecular complexity index is 417. The number of hydrogen-bond acceptors (Lipinski definition) is 4. The number of imidazole rings is 1. The van der Waals surface area contributed by atoms with Crippen molar-refractivity contribution in [2.75, 3.05) is 6.61 Å². The van der Waals surface area contributed by atoms with Crippen LogP contribution in [0.5, 0.6) is 0 Å². The van der Waals surface area contributed by atoms with E-state index in [0.29, 0.717) is 23.0 Å². The van der Waals surface area contributed by atoms with Crippen LogP contribution < -0.4 is 0 Å². The molecule has 0 radical (unpaired) electrons. The van der Waals surface area contributed by atoms with Crippen molar-refractivity contribution in [3.63, 3.8) is 0 Å². The molecule has 1 aromatic rings. The Hall–Kier alpha value is -1.07. The lowest BCUT2D eigenvalue weighted by molar-refractivity contribution is 0.0390. The Morgan fingerprint density at radius 2 is 2.41 bits per heavy atom. The first kappa shape index (κ1) is 12.4. The van der Waals surface area contributed by atoms with E-state index in [1.54, 1.807) is 0 Å². The van der Waals surface area contributed by atoms with Gasteiger partial charge in [-0.15, -0.1) is 0 Å². The van der Waals surface area contributed by atoms with E-state index in [1.807, 2.05) is 0 Å². The van der Waals surface area contributed by atoms with E-state index in [4.69, 9.17) is 21.5 Å². The summed E-state index contributed by atoms with van der Waals surface area (Å²) in [5.41, 5.74) is 1.35. The summed E-state index contributed by atoms with van der Waals surface area (Å²) in [6.07, 6.45) is 3.36. The van der Waals surface area contributed by atoms with Crippen LogP contribution in [0.3, 0.4) is 0 Å². The van der Waals surface area contributed by atoms with Gasteiger partial charge in [0, 0.05) is 12.8 Å². The van der Waals surface area contributed by atoms with Crippen LogP contribution in [-0.2, 0) is 11.3 Å². The molecule has 1 aromatic heterocycles. The number of nitrogens with one attached hydrogen (secondary N) is 1. The van der Waals surface area contributed by atoms with Crippen LogP contribution in [0.4, 0.5) is 0 Å². The van der Waals surface area contributed by atoms with Gasteiger partial charge in [-0.1, -0.05) is 30.1 Å². The summed E-state index contributed by atoms with van der Waals surface area (Å²) < 4.78 is 0. The highest BCUT2D eigenvalue weighted by Gasteiger charge is 2.25. The Kier molecular flexibility index (Phi) is 4.02. The molecule has 1 aliphatic heterocycles. The molecular weight excluding hydrogens is 242 g/mol. The van der Waals surface area contributed by atoms with Crippen LogP contribution in [0.15, 0.2) is 5.16 Å². The van der Waals surface area contributed by atoms with E-state index in [0.717, 1.165) is 25.1 Å². The van der Waals surface area contributed by atoms with Crippen LogP contribution >= 0.6 is 11.6 Å². The summed E-state index contributed by atoms with van der Waals surface area (Å²) in [4.78, 5) is 12.5. The molecule has 0 amide bonds. The summed E-state index contributed by atoms with van der Waals surface area (Å²) >= 11 is 6.08. The number of aliphatic hydroxyl groups is 1. The lowest BCUT2D eigenvalue weighted by atomic mass is 10.1. The van der Waals surface area contributed by atoms with E-state index in [9.17, 15) is 0 Å². The van der Waals surface area contributed by atoms with E-state index < -0.39 is 0 Å². The molecule has 0 saturated carbocycles. The van der Waals surface area contributed by atoms with Crippen molar-refractivity contribution in [1.82, 2.24) is 9.97 Å². The van der Waals surface area contributed by atoms with Gasteiger partial charge in [0.05, 0.1) is 6.61 Å². The number of aromatic amines is 1. The quantitative estimate of drug-likeness (QED) is 0.846. The van der Waals surface area contributed by atoms with Gasteiger partial charge in [-0.2, -0.15) is 0 Å². The summed E-state index contributed by atoms with van der Waals surface area (Å²) in [7, 11) is 0. The normalized spacial score (nSPS) is 19.2. The highest BCUT2D eigenvalue weighted by molar-refractivity contribution is 6.32. The van der Waals surface area contributed by atoms with Crippen molar-refractivity contribution in [1.29, 1.82) is 0 Å². The number of aryl methyl sites for hydroxylation is 1. The zero-order chi connectivity index (χ0) is 12.3. The number of nitrogens with zero attached hydrogens (tertiary/aromatic N) is 2. The monoisotopic (exact) mass is 257 g/mol. The van der Waals surface area contributed by atoms with E-state index in [1.165, 1.54) is 0 Å². The van der Waals surface area contributed by atoms with Gasteiger partial charge in [-0.3, -0.25) is 0 Å². The minimum atomic E-state index is -0.267.